The highest BCUT2D eigenvalue weighted by Crippen LogP contribution is 2.44. The van der Waals surface area contributed by atoms with E-state index in [9.17, 15) is 0 Å². The molecule has 0 spiro atoms. The van der Waals surface area contributed by atoms with Crippen molar-refractivity contribution in [3.05, 3.63) is 102 Å². The van der Waals surface area contributed by atoms with Gasteiger partial charge in [-0.1, -0.05) is 66.7 Å². The number of benzene rings is 2. The van der Waals surface area contributed by atoms with Gasteiger partial charge in [0.25, 0.3) is 0 Å². The summed E-state index contributed by atoms with van der Waals surface area (Å²) in [6.45, 7) is 0. The third-order valence-corrected chi connectivity index (χ3v) is 5.26. The summed E-state index contributed by atoms with van der Waals surface area (Å²) in [5.74, 6) is 1.47. The van der Waals surface area contributed by atoms with E-state index in [0.29, 0.717) is 5.90 Å². The summed E-state index contributed by atoms with van der Waals surface area (Å²) in [4.78, 5) is 9.41. The molecular weight excluding hydrogens is 340 g/mol. The zero-order chi connectivity index (χ0) is 17.8. The van der Waals surface area contributed by atoms with Gasteiger partial charge in [-0.3, -0.25) is 4.98 Å². The van der Waals surface area contributed by atoms with Crippen LogP contribution in [0.3, 0.4) is 0 Å². The van der Waals surface area contributed by atoms with Crippen LogP contribution >= 0.6 is 11.8 Å². The van der Waals surface area contributed by atoms with Gasteiger partial charge in [0.1, 0.15) is 11.7 Å². The van der Waals surface area contributed by atoms with Crippen LogP contribution in [-0.2, 0) is 10.3 Å². The molecule has 1 atom stereocenters. The van der Waals surface area contributed by atoms with Crippen LogP contribution < -0.4 is 0 Å². The molecule has 130 valence electrons. The topological polar surface area (TPSA) is 34.5 Å². The lowest BCUT2D eigenvalue weighted by atomic mass is 9.81. The summed E-state index contributed by atoms with van der Waals surface area (Å²) in [6.07, 6.45) is 3.88. The van der Waals surface area contributed by atoms with E-state index in [2.05, 4.69) is 59.8 Å². The second kappa shape index (κ2) is 7.34. The lowest BCUT2D eigenvalue weighted by Crippen LogP contribution is -2.40. The maximum absolute atomic E-state index is 6.65. The number of aromatic nitrogens is 1. The fraction of sp³-hybridized carbons (Fsp3) is 0.182. The number of pyridine rings is 1. The number of aliphatic imine (C=N–C) groups is 1. The minimum Gasteiger partial charge on any atom is -0.458 e. The Morgan fingerprint density at radius 2 is 1.50 bits per heavy atom. The normalized spacial score (nSPS) is 18.2. The van der Waals surface area contributed by atoms with Crippen molar-refractivity contribution < 1.29 is 4.74 Å². The fourth-order valence-electron chi connectivity index (χ4n) is 3.44. The Kier molecular flexibility index (Phi) is 4.76. The first-order chi connectivity index (χ1) is 12.8. The Balaban J connectivity index is 1.88. The molecule has 4 heteroatoms. The quantitative estimate of drug-likeness (QED) is 0.670. The molecule has 0 N–H and O–H groups in total. The van der Waals surface area contributed by atoms with E-state index in [4.69, 9.17) is 9.73 Å². The van der Waals surface area contributed by atoms with Gasteiger partial charge in [0, 0.05) is 23.1 Å². The van der Waals surface area contributed by atoms with E-state index in [1.807, 2.05) is 30.3 Å². The number of nitrogens with zero attached hydrogens (tertiary/aromatic N) is 2. The molecule has 0 unspecified atom stereocenters. The van der Waals surface area contributed by atoms with Gasteiger partial charge in [0.15, 0.2) is 5.60 Å². The third kappa shape index (κ3) is 2.90. The van der Waals surface area contributed by atoms with Crippen molar-refractivity contribution in [2.24, 2.45) is 4.99 Å². The van der Waals surface area contributed by atoms with Gasteiger partial charge in [0.05, 0.1) is 0 Å². The summed E-state index contributed by atoms with van der Waals surface area (Å²) in [7, 11) is 0. The smallest absolute Gasteiger partial charge is 0.237 e. The lowest BCUT2D eigenvalue weighted by Gasteiger charge is -2.34. The van der Waals surface area contributed by atoms with Crippen molar-refractivity contribution >= 4 is 17.7 Å². The van der Waals surface area contributed by atoms with Gasteiger partial charge >= 0.3 is 0 Å². The van der Waals surface area contributed by atoms with Crippen LogP contribution in [0.2, 0.25) is 0 Å². The molecular formula is C22H20N2OS. The molecule has 3 aromatic rings. The van der Waals surface area contributed by atoms with Crippen molar-refractivity contribution in [3.8, 4) is 0 Å². The lowest BCUT2D eigenvalue weighted by molar-refractivity contribution is 0.105. The Morgan fingerprint density at radius 3 is 2.04 bits per heavy atom. The number of rotatable bonds is 5. The van der Waals surface area contributed by atoms with Gasteiger partial charge in [-0.15, -0.1) is 0 Å². The predicted molar refractivity (Wildman–Crippen MR) is 108 cm³/mol. The van der Waals surface area contributed by atoms with Crippen molar-refractivity contribution in [2.75, 3.05) is 12.0 Å². The van der Waals surface area contributed by atoms with Crippen molar-refractivity contribution in [3.63, 3.8) is 0 Å². The van der Waals surface area contributed by atoms with Crippen LogP contribution in [0.15, 0.2) is 90.1 Å². The van der Waals surface area contributed by atoms with Crippen LogP contribution in [0.1, 0.15) is 16.8 Å². The summed E-state index contributed by atoms with van der Waals surface area (Å²) in [5.41, 5.74) is 2.35. The Labute approximate surface area is 158 Å². The number of thioether (sulfide) groups is 1. The monoisotopic (exact) mass is 360 g/mol. The molecule has 0 fully saturated rings. The molecule has 1 aliphatic rings. The van der Waals surface area contributed by atoms with Crippen LogP contribution in [0.5, 0.6) is 0 Å². The molecule has 0 saturated heterocycles. The first-order valence-electron chi connectivity index (χ1n) is 8.63. The number of ether oxygens (including phenoxy) is 1. The Hall–Kier alpha value is -2.59. The summed E-state index contributed by atoms with van der Waals surface area (Å²) in [5, 5.41) is 0. The molecule has 4 rings (SSSR count). The average Bonchev–Trinajstić information content (AvgIpc) is 3.11. The van der Waals surface area contributed by atoms with E-state index in [0.717, 1.165) is 22.6 Å². The third-order valence-electron chi connectivity index (χ3n) is 4.61. The van der Waals surface area contributed by atoms with Crippen molar-refractivity contribution in [1.29, 1.82) is 0 Å². The van der Waals surface area contributed by atoms with Gasteiger partial charge in [-0.25, -0.2) is 4.99 Å². The molecule has 0 radical (unpaired) electrons. The second-order valence-corrected chi connectivity index (χ2v) is 7.10. The van der Waals surface area contributed by atoms with Gasteiger partial charge in [0.2, 0.25) is 5.90 Å². The fourth-order valence-corrected chi connectivity index (χ4v) is 4.07. The molecule has 1 aliphatic heterocycles. The highest BCUT2D eigenvalue weighted by Gasteiger charge is 2.49. The standard InChI is InChI=1S/C22H20N2OS/c1-26-16-20-22(17-10-4-2-5-11-17,18-12-6-3-7-13-18)25-21(24-20)19-14-8-9-15-23-19/h2-15,20H,16H2,1H3/t20-/m1/s1. The minimum atomic E-state index is -0.640. The van der Waals surface area contributed by atoms with Crippen LogP contribution in [-0.4, -0.2) is 28.9 Å². The van der Waals surface area contributed by atoms with Crippen LogP contribution in [0.25, 0.3) is 0 Å². The maximum atomic E-state index is 6.65. The van der Waals surface area contributed by atoms with Crippen LogP contribution in [0.4, 0.5) is 0 Å². The molecule has 1 aromatic heterocycles. The molecule has 0 saturated carbocycles. The van der Waals surface area contributed by atoms with Gasteiger partial charge < -0.3 is 4.74 Å². The summed E-state index contributed by atoms with van der Waals surface area (Å²) in [6, 6.07) is 26.5. The van der Waals surface area contributed by atoms with E-state index >= 15 is 0 Å². The zero-order valence-corrected chi connectivity index (χ0v) is 15.4. The summed E-state index contributed by atoms with van der Waals surface area (Å²) >= 11 is 1.78. The predicted octanol–water partition coefficient (Wildman–Crippen LogP) is 4.53. The van der Waals surface area contributed by atoms with Gasteiger partial charge in [-0.2, -0.15) is 11.8 Å². The van der Waals surface area contributed by atoms with Gasteiger partial charge in [-0.05, 0) is 18.4 Å². The molecule has 3 nitrogen and oxygen atoms in total. The highest BCUT2D eigenvalue weighted by molar-refractivity contribution is 7.98. The summed E-state index contributed by atoms with van der Waals surface area (Å²) < 4.78 is 6.65. The Morgan fingerprint density at radius 1 is 0.885 bits per heavy atom. The highest BCUT2D eigenvalue weighted by atomic mass is 32.2. The van der Waals surface area contributed by atoms with E-state index in [-0.39, 0.29) is 6.04 Å². The number of hydrogen-bond acceptors (Lipinski definition) is 4. The van der Waals surface area contributed by atoms with Crippen molar-refractivity contribution in [2.45, 2.75) is 11.6 Å². The van der Waals surface area contributed by atoms with E-state index in [1.165, 1.54) is 0 Å². The van der Waals surface area contributed by atoms with E-state index < -0.39 is 5.60 Å². The molecule has 0 aliphatic carbocycles. The van der Waals surface area contributed by atoms with Crippen molar-refractivity contribution in [1.82, 2.24) is 4.98 Å². The number of hydrogen-bond donors (Lipinski definition) is 0. The average molecular weight is 360 g/mol. The maximum Gasteiger partial charge on any atom is 0.237 e. The molecule has 2 aromatic carbocycles. The van der Waals surface area contributed by atoms with Crippen LogP contribution in [0, 0.1) is 0 Å². The SMILES string of the molecule is CSC[C@H]1N=C(c2ccccn2)OC1(c1ccccc1)c1ccccc1. The molecule has 2 heterocycles. The minimum absolute atomic E-state index is 0.0284. The molecule has 0 amide bonds. The second-order valence-electron chi connectivity index (χ2n) is 6.19. The first kappa shape index (κ1) is 16.9. The largest absolute Gasteiger partial charge is 0.458 e. The molecule has 26 heavy (non-hydrogen) atoms. The van der Waals surface area contributed by atoms with E-state index in [1.54, 1.807) is 18.0 Å². The Bertz CT molecular complexity index is 842. The zero-order valence-electron chi connectivity index (χ0n) is 14.6. The molecule has 0 bridgehead atoms. The first-order valence-corrected chi connectivity index (χ1v) is 10.0.